The maximum absolute atomic E-state index is 13.2. The minimum Gasteiger partial charge on any atom is -0.398 e. The molecule has 4 rings (SSSR count). The second kappa shape index (κ2) is 7.54. The Balaban J connectivity index is 1.96. The second-order valence-corrected chi connectivity index (χ2v) is 10.1. The standard InChI is InChI=1S/C20H17N3O8S2/c21-12-7-9(5-6-14(12)32(26,27)28)23-13-8-15(33(29,30)31)18(22)17-16(13)19(24)10-3-1-2-4-11(10)20(17)25/h1-8,19,23-24H,21-22H2,(H,26,27,28)(H,29,30,31). The lowest BCUT2D eigenvalue weighted by atomic mass is 9.81. The number of benzene rings is 3. The van der Waals surface area contributed by atoms with Gasteiger partial charge in [-0.3, -0.25) is 13.9 Å². The number of nitrogen functional groups attached to an aromatic ring is 2. The number of aliphatic hydroxyl groups is 1. The van der Waals surface area contributed by atoms with Crippen molar-refractivity contribution in [1.29, 1.82) is 0 Å². The first-order valence-electron chi connectivity index (χ1n) is 9.20. The van der Waals surface area contributed by atoms with Gasteiger partial charge in [0.2, 0.25) is 0 Å². The monoisotopic (exact) mass is 491 g/mol. The first kappa shape index (κ1) is 22.7. The number of rotatable bonds is 4. The van der Waals surface area contributed by atoms with Crippen LogP contribution in [0.25, 0.3) is 0 Å². The largest absolute Gasteiger partial charge is 0.398 e. The molecule has 0 saturated carbocycles. The number of nitrogens with two attached hydrogens (primary N) is 2. The van der Waals surface area contributed by atoms with E-state index in [2.05, 4.69) is 5.32 Å². The van der Waals surface area contributed by atoms with E-state index in [0.717, 1.165) is 18.2 Å². The Hall–Kier alpha value is -3.49. The molecule has 0 bridgehead atoms. The van der Waals surface area contributed by atoms with E-state index in [0.29, 0.717) is 0 Å². The second-order valence-electron chi connectivity index (χ2n) is 7.27. The molecule has 1 aliphatic rings. The highest BCUT2D eigenvalue weighted by molar-refractivity contribution is 7.86. The normalized spacial score (nSPS) is 15.6. The van der Waals surface area contributed by atoms with Gasteiger partial charge in [0.1, 0.15) is 15.9 Å². The fraction of sp³-hybridized carbons (Fsp3) is 0.0500. The van der Waals surface area contributed by atoms with Crippen molar-refractivity contribution in [2.75, 3.05) is 16.8 Å². The van der Waals surface area contributed by atoms with Crippen LogP contribution in [0, 0.1) is 0 Å². The van der Waals surface area contributed by atoms with Gasteiger partial charge in [-0.1, -0.05) is 24.3 Å². The van der Waals surface area contributed by atoms with Crippen LogP contribution in [-0.2, 0) is 20.2 Å². The highest BCUT2D eigenvalue weighted by Crippen LogP contribution is 2.44. The molecule has 1 aliphatic carbocycles. The van der Waals surface area contributed by atoms with Gasteiger partial charge >= 0.3 is 0 Å². The lowest BCUT2D eigenvalue weighted by Gasteiger charge is -2.28. The smallest absolute Gasteiger partial charge is 0.296 e. The van der Waals surface area contributed by atoms with Crippen LogP contribution in [0.3, 0.4) is 0 Å². The van der Waals surface area contributed by atoms with Crippen molar-refractivity contribution in [2.24, 2.45) is 0 Å². The third-order valence-corrected chi connectivity index (χ3v) is 7.04. The predicted octanol–water partition coefficient (Wildman–Crippen LogP) is 1.71. The molecule has 0 heterocycles. The van der Waals surface area contributed by atoms with E-state index in [1.54, 1.807) is 12.1 Å². The molecule has 3 aromatic rings. The Morgan fingerprint density at radius 1 is 0.879 bits per heavy atom. The highest BCUT2D eigenvalue weighted by Gasteiger charge is 2.36. The highest BCUT2D eigenvalue weighted by atomic mass is 32.2. The van der Waals surface area contributed by atoms with Crippen LogP contribution in [0.2, 0.25) is 0 Å². The molecule has 1 unspecified atom stereocenters. The topological polar surface area (TPSA) is 210 Å². The van der Waals surface area contributed by atoms with Crippen LogP contribution in [0.1, 0.15) is 33.2 Å². The van der Waals surface area contributed by atoms with Gasteiger partial charge in [0.25, 0.3) is 20.2 Å². The summed E-state index contributed by atoms with van der Waals surface area (Å²) in [7, 11) is -9.46. The Kier molecular flexibility index (Phi) is 5.18. The SMILES string of the molecule is Nc1cc(Nc2cc(S(=O)(=O)O)c(N)c3c2C(O)c2ccccc2C3=O)ccc1S(=O)(=O)O. The van der Waals surface area contributed by atoms with Crippen LogP contribution < -0.4 is 16.8 Å². The minimum atomic E-state index is -4.87. The summed E-state index contributed by atoms with van der Waals surface area (Å²) < 4.78 is 65.5. The maximum Gasteiger partial charge on any atom is 0.296 e. The number of fused-ring (bicyclic) bond motifs is 2. The average molecular weight is 492 g/mol. The number of aliphatic hydroxyl groups excluding tert-OH is 1. The van der Waals surface area contributed by atoms with E-state index < -0.39 is 47.6 Å². The Bertz CT molecular complexity index is 1550. The van der Waals surface area contributed by atoms with Gasteiger partial charge in [-0.15, -0.1) is 0 Å². The lowest BCUT2D eigenvalue weighted by Crippen LogP contribution is -2.23. The van der Waals surface area contributed by atoms with Crippen LogP contribution in [0.4, 0.5) is 22.7 Å². The molecule has 172 valence electrons. The third-order valence-electron chi connectivity index (χ3n) is 5.21. The zero-order valence-electron chi connectivity index (χ0n) is 16.6. The maximum atomic E-state index is 13.2. The van der Waals surface area contributed by atoms with E-state index in [1.807, 2.05) is 0 Å². The number of ketones is 1. The van der Waals surface area contributed by atoms with Crippen molar-refractivity contribution in [3.63, 3.8) is 0 Å². The van der Waals surface area contributed by atoms with Crippen LogP contribution in [-0.4, -0.2) is 36.8 Å². The molecule has 3 aromatic carbocycles. The molecule has 0 radical (unpaired) electrons. The number of carbonyl (C=O) groups is 1. The van der Waals surface area contributed by atoms with Gasteiger partial charge in [0.05, 0.1) is 16.9 Å². The summed E-state index contributed by atoms with van der Waals surface area (Å²) in [5.74, 6) is -0.654. The van der Waals surface area contributed by atoms with Crippen molar-refractivity contribution in [1.82, 2.24) is 0 Å². The predicted molar refractivity (Wildman–Crippen MR) is 119 cm³/mol. The van der Waals surface area contributed by atoms with Crippen molar-refractivity contribution < 1.29 is 35.8 Å². The number of carbonyl (C=O) groups excluding carboxylic acids is 1. The number of nitrogens with one attached hydrogen (secondary N) is 1. The van der Waals surface area contributed by atoms with Crippen LogP contribution in [0.15, 0.2) is 58.3 Å². The summed E-state index contributed by atoms with van der Waals surface area (Å²) in [4.78, 5) is 11.9. The van der Waals surface area contributed by atoms with Crippen molar-refractivity contribution in [3.05, 3.63) is 70.8 Å². The number of hydrogen-bond acceptors (Lipinski definition) is 9. The molecule has 0 aromatic heterocycles. The summed E-state index contributed by atoms with van der Waals surface area (Å²) in [6, 6.07) is 10.5. The molecule has 1 atom stereocenters. The van der Waals surface area contributed by atoms with Gasteiger partial charge in [0.15, 0.2) is 5.78 Å². The first-order chi connectivity index (χ1) is 15.3. The fourth-order valence-electron chi connectivity index (χ4n) is 3.78. The van der Waals surface area contributed by atoms with Gasteiger partial charge in [-0.05, 0) is 29.8 Å². The van der Waals surface area contributed by atoms with E-state index in [9.17, 15) is 35.8 Å². The molecule has 13 heteroatoms. The zero-order valence-corrected chi connectivity index (χ0v) is 18.2. The summed E-state index contributed by atoms with van der Waals surface area (Å²) in [5.41, 5.74) is 10.9. The third kappa shape index (κ3) is 3.81. The zero-order chi connectivity index (χ0) is 24.3. The van der Waals surface area contributed by atoms with Crippen molar-refractivity contribution in [2.45, 2.75) is 15.9 Å². The Labute approximate surface area is 188 Å². The molecule has 0 aliphatic heterocycles. The van der Waals surface area contributed by atoms with Crippen LogP contribution in [0.5, 0.6) is 0 Å². The summed E-state index contributed by atoms with van der Waals surface area (Å²) in [6.07, 6.45) is -1.39. The molecule has 0 amide bonds. The van der Waals surface area contributed by atoms with E-state index in [4.69, 9.17) is 11.5 Å². The molecule has 11 nitrogen and oxygen atoms in total. The Morgan fingerprint density at radius 3 is 2.12 bits per heavy atom. The van der Waals surface area contributed by atoms with E-state index >= 15 is 0 Å². The summed E-state index contributed by atoms with van der Waals surface area (Å²) >= 11 is 0. The lowest BCUT2D eigenvalue weighted by molar-refractivity contribution is 0.102. The first-order valence-corrected chi connectivity index (χ1v) is 12.1. The molecule has 0 fully saturated rings. The molecular formula is C20H17N3O8S2. The minimum absolute atomic E-state index is 0.0407. The number of anilines is 4. The quantitative estimate of drug-likeness (QED) is 0.228. The Morgan fingerprint density at radius 2 is 1.52 bits per heavy atom. The van der Waals surface area contributed by atoms with Crippen molar-refractivity contribution >= 4 is 48.8 Å². The van der Waals surface area contributed by atoms with E-state index in [1.165, 1.54) is 18.2 Å². The molecular weight excluding hydrogens is 474 g/mol. The van der Waals surface area contributed by atoms with Crippen LogP contribution >= 0.6 is 0 Å². The van der Waals surface area contributed by atoms with E-state index in [-0.39, 0.29) is 39.3 Å². The fourth-order valence-corrected chi connectivity index (χ4v) is 5.03. The van der Waals surface area contributed by atoms with Gasteiger partial charge in [-0.25, -0.2) is 0 Å². The molecule has 0 saturated heterocycles. The summed E-state index contributed by atoms with van der Waals surface area (Å²) in [5, 5.41) is 13.8. The molecule has 33 heavy (non-hydrogen) atoms. The summed E-state index contributed by atoms with van der Waals surface area (Å²) in [6.45, 7) is 0. The van der Waals surface area contributed by atoms with Gasteiger partial charge in [-0.2, -0.15) is 16.8 Å². The van der Waals surface area contributed by atoms with Crippen molar-refractivity contribution in [3.8, 4) is 0 Å². The van der Waals surface area contributed by atoms with Gasteiger partial charge < -0.3 is 21.9 Å². The number of hydrogen-bond donors (Lipinski definition) is 6. The van der Waals surface area contributed by atoms with Gasteiger partial charge in [0, 0.05) is 22.5 Å². The molecule has 0 spiro atoms. The average Bonchev–Trinajstić information content (AvgIpc) is 2.71. The molecule has 8 N–H and O–H groups in total.